The highest BCUT2D eigenvalue weighted by Gasteiger charge is 2.16. The predicted molar refractivity (Wildman–Crippen MR) is 77.8 cm³/mol. The Morgan fingerprint density at radius 2 is 2.11 bits per heavy atom. The molecular weight excluding hydrogens is 267 g/mol. The van der Waals surface area contributed by atoms with Crippen molar-refractivity contribution in [2.24, 2.45) is 5.73 Å². The fourth-order valence-corrected chi connectivity index (χ4v) is 1.72. The lowest BCUT2D eigenvalue weighted by atomic mass is 10.1. The summed E-state index contributed by atoms with van der Waals surface area (Å²) in [6.07, 6.45) is 1.52. The summed E-state index contributed by atoms with van der Waals surface area (Å²) in [7, 11) is 0. The fraction of sp³-hybridized carbons (Fsp3) is 0.500. The first-order chi connectivity index (χ1) is 8.45. The van der Waals surface area contributed by atoms with E-state index in [2.05, 4.69) is 5.32 Å². The van der Waals surface area contributed by atoms with Gasteiger partial charge >= 0.3 is 0 Å². The summed E-state index contributed by atoms with van der Waals surface area (Å²) in [5.41, 5.74) is 7.06. The maximum Gasteiger partial charge on any atom is 0.237 e. The average Bonchev–Trinajstić information content (AvgIpc) is 2.32. The number of benzene rings is 1. The quantitative estimate of drug-likeness (QED) is 0.875. The van der Waals surface area contributed by atoms with Gasteiger partial charge in [0.05, 0.1) is 12.1 Å². The minimum Gasteiger partial charge on any atom is -0.348 e. The second-order valence-electron chi connectivity index (χ2n) is 4.63. The molecule has 0 aliphatic carbocycles. The minimum absolute atomic E-state index is 0. The molecule has 0 heterocycles. The molecule has 0 radical (unpaired) electrons. The van der Waals surface area contributed by atoms with Crippen LogP contribution < -0.4 is 11.1 Å². The first kappa shape index (κ1) is 17.9. The van der Waals surface area contributed by atoms with Crippen LogP contribution >= 0.6 is 12.4 Å². The van der Waals surface area contributed by atoms with Gasteiger partial charge in [-0.3, -0.25) is 4.79 Å². The van der Waals surface area contributed by atoms with E-state index in [9.17, 15) is 9.18 Å². The lowest BCUT2D eigenvalue weighted by Crippen LogP contribution is -2.41. The molecule has 0 bridgehead atoms. The molecule has 0 saturated carbocycles. The molecule has 2 unspecified atom stereocenters. The molecular formula is C14H22ClFN2O. The summed E-state index contributed by atoms with van der Waals surface area (Å²) in [4.78, 5) is 11.7. The van der Waals surface area contributed by atoms with Crippen molar-refractivity contribution in [1.29, 1.82) is 0 Å². The largest absolute Gasteiger partial charge is 0.348 e. The van der Waals surface area contributed by atoms with Gasteiger partial charge in [-0.05, 0) is 37.5 Å². The Morgan fingerprint density at radius 1 is 1.47 bits per heavy atom. The van der Waals surface area contributed by atoms with E-state index in [1.807, 2.05) is 19.9 Å². The number of hydrogen-bond donors (Lipinski definition) is 2. The van der Waals surface area contributed by atoms with Crippen LogP contribution in [-0.4, -0.2) is 11.9 Å². The summed E-state index contributed by atoms with van der Waals surface area (Å²) in [5, 5.41) is 2.80. The summed E-state index contributed by atoms with van der Waals surface area (Å²) in [5.74, 6) is -0.447. The molecule has 3 nitrogen and oxygen atoms in total. The zero-order valence-electron chi connectivity index (χ0n) is 11.6. The number of aryl methyl sites for hydroxylation is 1. The molecule has 0 spiro atoms. The third-order valence-corrected chi connectivity index (χ3v) is 2.99. The molecule has 3 N–H and O–H groups in total. The number of halogens is 2. The number of amides is 1. The molecule has 2 atom stereocenters. The van der Waals surface area contributed by atoms with Crippen LogP contribution in [0.3, 0.4) is 0 Å². The van der Waals surface area contributed by atoms with Gasteiger partial charge < -0.3 is 11.1 Å². The van der Waals surface area contributed by atoms with Gasteiger partial charge in [-0.25, -0.2) is 4.39 Å². The number of nitrogens with two attached hydrogens (primary N) is 1. The van der Waals surface area contributed by atoms with E-state index in [1.165, 1.54) is 6.07 Å². The van der Waals surface area contributed by atoms with Crippen LogP contribution in [0.15, 0.2) is 18.2 Å². The van der Waals surface area contributed by atoms with Gasteiger partial charge in [-0.2, -0.15) is 0 Å². The van der Waals surface area contributed by atoms with Gasteiger partial charge in [0.15, 0.2) is 0 Å². The number of carbonyl (C=O) groups is 1. The first-order valence-corrected chi connectivity index (χ1v) is 6.27. The molecule has 0 aromatic heterocycles. The van der Waals surface area contributed by atoms with E-state index in [0.717, 1.165) is 12.0 Å². The maximum absolute atomic E-state index is 13.4. The Balaban J connectivity index is 0.00000324. The van der Waals surface area contributed by atoms with Gasteiger partial charge in [-0.1, -0.05) is 25.5 Å². The summed E-state index contributed by atoms with van der Waals surface area (Å²) in [6, 6.07) is 4.24. The second kappa shape index (κ2) is 8.12. The predicted octanol–water partition coefficient (Wildman–Crippen LogP) is 2.86. The topological polar surface area (TPSA) is 55.1 Å². The van der Waals surface area contributed by atoms with Crippen LogP contribution in [0.5, 0.6) is 0 Å². The third kappa shape index (κ3) is 5.17. The first-order valence-electron chi connectivity index (χ1n) is 6.27. The van der Waals surface area contributed by atoms with Crippen molar-refractivity contribution in [3.05, 3.63) is 35.1 Å². The van der Waals surface area contributed by atoms with Gasteiger partial charge in [0.2, 0.25) is 5.91 Å². The smallest absolute Gasteiger partial charge is 0.237 e. The van der Waals surface area contributed by atoms with Gasteiger partial charge in [0.25, 0.3) is 0 Å². The third-order valence-electron chi connectivity index (χ3n) is 2.99. The Labute approximate surface area is 120 Å². The summed E-state index contributed by atoms with van der Waals surface area (Å²) in [6.45, 7) is 5.51. The summed E-state index contributed by atoms with van der Waals surface area (Å²) >= 11 is 0. The van der Waals surface area contributed by atoms with Crippen LogP contribution in [0.25, 0.3) is 0 Å². The minimum atomic E-state index is -0.493. The molecule has 5 heteroatoms. The van der Waals surface area contributed by atoms with E-state index in [0.29, 0.717) is 12.0 Å². The van der Waals surface area contributed by atoms with Crippen LogP contribution in [0.1, 0.15) is 43.9 Å². The Morgan fingerprint density at radius 3 is 2.63 bits per heavy atom. The van der Waals surface area contributed by atoms with Gasteiger partial charge in [0, 0.05) is 0 Å². The molecule has 1 aromatic rings. The summed E-state index contributed by atoms with van der Waals surface area (Å²) < 4.78 is 13.4. The monoisotopic (exact) mass is 288 g/mol. The Bertz CT molecular complexity index is 426. The van der Waals surface area contributed by atoms with Crippen molar-refractivity contribution in [3.8, 4) is 0 Å². The average molecular weight is 289 g/mol. The maximum atomic E-state index is 13.4. The van der Waals surface area contributed by atoms with Crippen molar-refractivity contribution in [3.63, 3.8) is 0 Å². The van der Waals surface area contributed by atoms with E-state index in [4.69, 9.17) is 5.73 Å². The van der Waals surface area contributed by atoms with Crippen molar-refractivity contribution in [2.75, 3.05) is 0 Å². The Hall–Kier alpha value is -1.13. The highest BCUT2D eigenvalue weighted by Crippen LogP contribution is 2.16. The highest BCUT2D eigenvalue weighted by atomic mass is 35.5. The van der Waals surface area contributed by atoms with Crippen LogP contribution in [0.2, 0.25) is 0 Å². The highest BCUT2D eigenvalue weighted by molar-refractivity contribution is 5.85. The Kier molecular flexibility index (Phi) is 7.64. The second-order valence-corrected chi connectivity index (χ2v) is 4.63. The number of nitrogens with one attached hydrogen (secondary N) is 1. The molecule has 0 saturated heterocycles. The van der Waals surface area contributed by atoms with Gasteiger partial charge in [-0.15, -0.1) is 12.4 Å². The normalized spacial score (nSPS) is 13.3. The van der Waals surface area contributed by atoms with Crippen molar-refractivity contribution >= 4 is 18.3 Å². The molecule has 0 fully saturated rings. The van der Waals surface area contributed by atoms with E-state index in [-0.39, 0.29) is 30.2 Å². The van der Waals surface area contributed by atoms with Crippen LogP contribution in [0.4, 0.5) is 4.39 Å². The molecule has 0 aliphatic rings. The van der Waals surface area contributed by atoms with Gasteiger partial charge in [0.1, 0.15) is 5.82 Å². The van der Waals surface area contributed by atoms with Crippen LogP contribution in [-0.2, 0) is 4.79 Å². The molecule has 1 rings (SSSR count). The number of hydrogen-bond acceptors (Lipinski definition) is 2. The standard InChI is InChI=1S/C14H21FN2O.ClH/c1-4-5-13(16)14(18)17-10(3)11-7-6-9(2)12(15)8-11;/h6-8,10,13H,4-5,16H2,1-3H3,(H,17,18);1H. The van der Waals surface area contributed by atoms with E-state index >= 15 is 0 Å². The van der Waals surface area contributed by atoms with E-state index < -0.39 is 6.04 Å². The number of rotatable bonds is 5. The lowest BCUT2D eigenvalue weighted by molar-refractivity contribution is -0.123. The van der Waals surface area contributed by atoms with Crippen molar-refractivity contribution < 1.29 is 9.18 Å². The fourth-order valence-electron chi connectivity index (χ4n) is 1.72. The van der Waals surface area contributed by atoms with Crippen molar-refractivity contribution in [1.82, 2.24) is 5.32 Å². The zero-order chi connectivity index (χ0) is 13.7. The zero-order valence-corrected chi connectivity index (χ0v) is 12.4. The molecule has 1 aromatic carbocycles. The van der Waals surface area contributed by atoms with E-state index in [1.54, 1.807) is 13.0 Å². The SMILES string of the molecule is CCCC(N)C(=O)NC(C)c1ccc(C)c(F)c1.Cl. The number of carbonyl (C=O) groups excluding carboxylic acids is 1. The molecule has 1 amide bonds. The molecule has 0 aliphatic heterocycles. The lowest BCUT2D eigenvalue weighted by Gasteiger charge is -2.18. The molecule has 108 valence electrons. The van der Waals surface area contributed by atoms with Crippen LogP contribution in [0, 0.1) is 12.7 Å². The van der Waals surface area contributed by atoms with Crippen molar-refractivity contribution in [2.45, 2.75) is 45.7 Å². The molecule has 19 heavy (non-hydrogen) atoms.